The summed E-state index contributed by atoms with van der Waals surface area (Å²) >= 11 is 0. The zero-order valence-corrected chi connectivity index (χ0v) is 17.0. The first-order valence-corrected chi connectivity index (χ1v) is 10.5. The van der Waals surface area contributed by atoms with E-state index in [0.29, 0.717) is 25.7 Å². The predicted octanol–water partition coefficient (Wildman–Crippen LogP) is 4.12. The van der Waals surface area contributed by atoms with Crippen LogP contribution in [0.5, 0.6) is 0 Å². The number of carbonyl (C=O) groups is 1. The Morgan fingerprint density at radius 2 is 1.86 bits per heavy atom. The van der Waals surface area contributed by atoms with Gasteiger partial charge in [-0.05, 0) is 25.2 Å². The number of carboxylic acid groups (broad SMARTS) is 1. The molecule has 1 aliphatic carbocycles. The van der Waals surface area contributed by atoms with E-state index >= 15 is 0 Å². The zero-order chi connectivity index (χ0) is 21.2. The normalized spacial score (nSPS) is 27.2. The van der Waals surface area contributed by atoms with E-state index in [1.165, 1.54) is 0 Å². The van der Waals surface area contributed by atoms with Crippen LogP contribution in [0.2, 0.25) is 0 Å². The molecular formula is C22H37FO5. The third-order valence-corrected chi connectivity index (χ3v) is 5.86. The topological polar surface area (TPSA) is 98.0 Å². The summed E-state index contributed by atoms with van der Waals surface area (Å²) in [4.78, 5) is 10.5. The van der Waals surface area contributed by atoms with Gasteiger partial charge in [-0.2, -0.15) is 0 Å². The van der Waals surface area contributed by atoms with Crippen molar-refractivity contribution >= 4 is 5.97 Å². The van der Waals surface area contributed by atoms with Gasteiger partial charge < -0.3 is 20.4 Å². The molecule has 162 valence electrons. The second-order valence-electron chi connectivity index (χ2n) is 8.13. The molecule has 0 aliphatic heterocycles. The molecule has 4 N–H and O–H groups in total. The van der Waals surface area contributed by atoms with Crippen LogP contribution < -0.4 is 0 Å². The number of aliphatic hydroxyl groups is 3. The van der Waals surface area contributed by atoms with Crippen LogP contribution in [0.4, 0.5) is 4.39 Å². The lowest BCUT2D eigenvalue weighted by Gasteiger charge is -2.25. The highest BCUT2D eigenvalue weighted by molar-refractivity contribution is 5.66. The van der Waals surface area contributed by atoms with Gasteiger partial charge >= 0.3 is 5.97 Å². The van der Waals surface area contributed by atoms with Gasteiger partial charge in [0, 0.05) is 25.2 Å². The largest absolute Gasteiger partial charge is 0.481 e. The highest BCUT2D eigenvalue weighted by Gasteiger charge is 2.39. The summed E-state index contributed by atoms with van der Waals surface area (Å²) in [5.74, 6) is -1.83. The molecule has 1 unspecified atom stereocenters. The van der Waals surface area contributed by atoms with Gasteiger partial charge in [0.25, 0.3) is 0 Å². The number of carboxylic acids is 1. The van der Waals surface area contributed by atoms with Crippen LogP contribution in [0.25, 0.3) is 0 Å². The smallest absolute Gasteiger partial charge is 0.303 e. The molecule has 28 heavy (non-hydrogen) atoms. The van der Waals surface area contributed by atoms with Crippen LogP contribution in [0.1, 0.15) is 77.6 Å². The molecule has 0 aromatic carbocycles. The Morgan fingerprint density at radius 3 is 2.46 bits per heavy atom. The van der Waals surface area contributed by atoms with E-state index in [1.54, 1.807) is 12.2 Å². The summed E-state index contributed by atoms with van der Waals surface area (Å²) in [5.41, 5.74) is -1.58. The fourth-order valence-corrected chi connectivity index (χ4v) is 4.02. The van der Waals surface area contributed by atoms with Crippen molar-refractivity contribution in [1.29, 1.82) is 0 Å². The standard InChI is InChI=1S/C22H37FO5/c1-3-4-13-22(28,16(2)23)14-9-11-18-17(19(24)15-20(18)25)10-7-5-6-8-12-21(26)27/h9,11,17-20,24-25,28H,2-8,10,12-15H2,1H3,(H,26,27)/t17-,18-,19-,20-,22?/m1/s1. The Kier molecular flexibility index (Phi) is 10.9. The average molecular weight is 401 g/mol. The number of halogens is 1. The molecular weight excluding hydrogens is 363 g/mol. The number of aliphatic hydroxyl groups excluding tert-OH is 2. The molecule has 0 saturated heterocycles. The van der Waals surface area contributed by atoms with Gasteiger partial charge in [-0.15, -0.1) is 0 Å². The maximum Gasteiger partial charge on any atom is 0.303 e. The van der Waals surface area contributed by atoms with Gasteiger partial charge in [-0.1, -0.05) is 57.8 Å². The minimum absolute atomic E-state index is 0.0805. The summed E-state index contributed by atoms with van der Waals surface area (Å²) in [6.07, 6.45) is 8.69. The van der Waals surface area contributed by atoms with Crippen molar-refractivity contribution in [3.8, 4) is 0 Å². The molecule has 0 aromatic rings. The summed E-state index contributed by atoms with van der Waals surface area (Å²) in [6, 6.07) is 0. The third-order valence-electron chi connectivity index (χ3n) is 5.86. The SMILES string of the molecule is C=C(F)C(O)(CC=C[C@@H]1[C@@H](CCCCCCC(=O)O)[C@H](O)C[C@H]1O)CCCC. The van der Waals surface area contributed by atoms with Gasteiger partial charge in [0.2, 0.25) is 0 Å². The summed E-state index contributed by atoms with van der Waals surface area (Å²) in [7, 11) is 0. The van der Waals surface area contributed by atoms with E-state index in [4.69, 9.17) is 5.11 Å². The lowest BCUT2D eigenvalue weighted by atomic mass is 9.86. The number of aliphatic carboxylic acids is 1. The molecule has 0 spiro atoms. The van der Waals surface area contributed by atoms with Crippen molar-refractivity contribution in [3.63, 3.8) is 0 Å². The first kappa shape index (κ1) is 24.8. The first-order valence-electron chi connectivity index (χ1n) is 10.5. The van der Waals surface area contributed by atoms with Gasteiger partial charge in [0.1, 0.15) is 11.4 Å². The van der Waals surface area contributed by atoms with E-state index in [0.717, 1.165) is 32.1 Å². The highest BCUT2D eigenvalue weighted by atomic mass is 19.1. The number of rotatable bonds is 14. The van der Waals surface area contributed by atoms with E-state index in [1.807, 2.05) is 6.92 Å². The van der Waals surface area contributed by atoms with Crippen LogP contribution in [0.15, 0.2) is 24.6 Å². The van der Waals surface area contributed by atoms with Gasteiger partial charge in [-0.25, -0.2) is 4.39 Å². The molecule has 0 amide bonds. The number of unbranched alkanes of at least 4 members (excludes halogenated alkanes) is 4. The molecule has 1 fully saturated rings. The van der Waals surface area contributed by atoms with E-state index < -0.39 is 29.6 Å². The summed E-state index contributed by atoms with van der Waals surface area (Å²) < 4.78 is 13.7. The maximum absolute atomic E-state index is 13.7. The van der Waals surface area contributed by atoms with Crippen molar-refractivity contribution in [2.45, 2.75) is 95.4 Å². The molecule has 1 aliphatic rings. The van der Waals surface area contributed by atoms with Gasteiger partial charge in [0.05, 0.1) is 12.2 Å². The maximum atomic E-state index is 13.7. The molecule has 5 atom stereocenters. The molecule has 1 saturated carbocycles. The second-order valence-corrected chi connectivity index (χ2v) is 8.13. The first-order chi connectivity index (χ1) is 13.2. The molecule has 0 heterocycles. The van der Waals surface area contributed by atoms with E-state index in [-0.39, 0.29) is 24.7 Å². The Labute approximate surface area is 168 Å². The molecule has 0 radical (unpaired) electrons. The van der Waals surface area contributed by atoms with Crippen molar-refractivity contribution in [2.75, 3.05) is 0 Å². The zero-order valence-electron chi connectivity index (χ0n) is 17.0. The van der Waals surface area contributed by atoms with Crippen molar-refractivity contribution in [1.82, 2.24) is 0 Å². The van der Waals surface area contributed by atoms with Crippen LogP contribution in [-0.4, -0.2) is 44.2 Å². The second kappa shape index (κ2) is 12.3. The van der Waals surface area contributed by atoms with E-state index in [9.17, 15) is 24.5 Å². The quantitative estimate of drug-likeness (QED) is 0.260. The van der Waals surface area contributed by atoms with Crippen molar-refractivity contribution in [2.24, 2.45) is 11.8 Å². The van der Waals surface area contributed by atoms with Crippen LogP contribution in [0.3, 0.4) is 0 Å². The molecule has 1 rings (SSSR count). The summed E-state index contributed by atoms with van der Waals surface area (Å²) in [6.45, 7) is 5.24. The number of hydrogen-bond donors (Lipinski definition) is 4. The van der Waals surface area contributed by atoms with Gasteiger partial charge in [0.15, 0.2) is 0 Å². The van der Waals surface area contributed by atoms with Gasteiger partial charge in [-0.3, -0.25) is 4.79 Å². The lowest BCUT2D eigenvalue weighted by Crippen LogP contribution is -2.28. The van der Waals surface area contributed by atoms with Crippen molar-refractivity contribution in [3.05, 3.63) is 24.6 Å². The van der Waals surface area contributed by atoms with Crippen LogP contribution >= 0.6 is 0 Å². The Hall–Kier alpha value is -1.24. The fraction of sp³-hybridized carbons (Fsp3) is 0.773. The van der Waals surface area contributed by atoms with Crippen LogP contribution in [-0.2, 0) is 4.79 Å². The molecule has 6 heteroatoms. The van der Waals surface area contributed by atoms with Crippen molar-refractivity contribution < 1.29 is 29.6 Å². The molecule has 0 aromatic heterocycles. The van der Waals surface area contributed by atoms with Crippen LogP contribution in [0, 0.1) is 11.8 Å². The highest BCUT2D eigenvalue weighted by Crippen LogP contribution is 2.38. The lowest BCUT2D eigenvalue weighted by molar-refractivity contribution is -0.137. The number of hydrogen-bond acceptors (Lipinski definition) is 4. The van der Waals surface area contributed by atoms with E-state index in [2.05, 4.69) is 6.58 Å². The Bertz CT molecular complexity index is 521. The summed E-state index contributed by atoms with van der Waals surface area (Å²) in [5, 5.41) is 39.7. The minimum Gasteiger partial charge on any atom is -0.481 e. The Morgan fingerprint density at radius 1 is 1.18 bits per heavy atom. The molecule has 0 bridgehead atoms. The minimum atomic E-state index is -1.58. The monoisotopic (exact) mass is 400 g/mol. The predicted molar refractivity (Wildman–Crippen MR) is 107 cm³/mol. The molecule has 5 nitrogen and oxygen atoms in total. The fourth-order valence-electron chi connectivity index (χ4n) is 4.02. The third kappa shape index (κ3) is 8.02. The Balaban J connectivity index is 2.56. The average Bonchev–Trinajstić information content (AvgIpc) is 2.89.